The lowest BCUT2D eigenvalue weighted by molar-refractivity contribution is 0.0919. The molecule has 0 bridgehead atoms. The Bertz CT molecular complexity index is 405. The minimum Gasteiger partial charge on any atom is -0.456 e. The van der Waals surface area contributed by atoms with Gasteiger partial charge in [-0.1, -0.05) is 19.0 Å². The second kappa shape index (κ2) is 5.82. The molecule has 1 heterocycles. The fraction of sp³-hybridized carbons (Fsp3) is 0.500. The molecule has 1 rings (SSSR count). The van der Waals surface area contributed by atoms with Crippen molar-refractivity contribution in [1.29, 1.82) is 0 Å². The van der Waals surface area contributed by atoms with Crippen LogP contribution in [-0.2, 0) is 6.54 Å². The van der Waals surface area contributed by atoms with Crippen LogP contribution in [0.2, 0.25) is 0 Å². The van der Waals surface area contributed by atoms with E-state index in [1.54, 1.807) is 12.1 Å². The van der Waals surface area contributed by atoms with E-state index in [4.69, 9.17) is 9.95 Å². The van der Waals surface area contributed by atoms with E-state index in [1.165, 1.54) is 0 Å². The van der Waals surface area contributed by atoms with Crippen molar-refractivity contribution in [2.75, 3.05) is 6.54 Å². The lowest BCUT2D eigenvalue weighted by atomic mass is 10.2. The smallest absolute Gasteiger partial charge is 0.287 e. The quantitative estimate of drug-likeness (QED) is 0.471. The maximum Gasteiger partial charge on any atom is 0.287 e. The summed E-state index contributed by atoms with van der Waals surface area (Å²) in [4.78, 5) is 14.1. The van der Waals surface area contributed by atoms with Crippen LogP contribution < -0.4 is 5.32 Å². The van der Waals surface area contributed by atoms with E-state index in [0.717, 1.165) is 0 Å². The highest BCUT2D eigenvalue weighted by Gasteiger charge is 2.10. The summed E-state index contributed by atoms with van der Waals surface area (Å²) in [5, 5.41) is 6.08. The molecule has 6 nitrogen and oxygen atoms in total. The Balaban J connectivity index is 2.56. The highest BCUT2D eigenvalue weighted by Crippen LogP contribution is 2.09. The van der Waals surface area contributed by atoms with Gasteiger partial charge in [-0.3, -0.25) is 4.79 Å². The van der Waals surface area contributed by atoms with Crippen molar-refractivity contribution in [3.63, 3.8) is 0 Å². The number of nitrogens with zero attached hydrogens (tertiary/aromatic N) is 3. The van der Waals surface area contributed by atoms with Crippen LogP contribution in [0.1, 0.15) is 30.2 Å². The number of azide groups is 1. The molecule has 0 aliphatic rings. The molecular formula is C10H14N4O2. The van der Waals surface area contributed by atoms with E-state index in [2.05, 4.69) is 15.3 Å². The molecule has 6 heteroatoms. The summed E-state index contributed by atoms with van der Waals surface area (Å²) in [5.41, 5.74) is 8.13. The molecule has 86 valence electrons. The molecule has 0 saturated heterocycles. The van der Waals surface area contributed by atoms with E-state index in [0.29, 0.717) is 18.2 Å². The Hall–Kier alpha value is -1.94. The highest BCUT2D eigenvalue weighted by atomic mass is 16.4. The van der Waals surface area contributed by atoms with Gasteiger partial charge in [0.15, 0.2) is 5.76 Å². The third-order valence-corrected chi connectivity index (χ3v) is 1.85. The lowest BCUT2D eigenvalue weighted by Crippen LogP contribution is -2.26. The zero-order chi connectivity index (χ0) is 12.0. The van der Waals surface area contributed by atoms with Gasteiger partial charge in [0.2, 0.25) is 0 Å². The van der Waals surface area contributed by atoms with E-state index < -0.39 is 0 Å². The molecule has 0 aromatic carbocycles. The molecule has 0 unspecified atom stereocenters. The zero-order valence-electron chi connectivity index (χ0n) is 9.30. The molecule has 1 aromatic heterocycles. The number of hydrogen-bond acceptors (Lipinski definition) is 3. The predicted octanol–water partition coefficient (Wildman–Crippen LogP) is 2.48. The number of carbonyl (C=O) groups excluding carboxylic acids is 1. The average Bonchev–Trinajstić information content (AvgIpc) is 2.71. The van der Waals surface area contributed by atoms with Crippen molar-refractivity contribution in [3.8, 4) is 0 Å². The second-order valence-electron chi connectivity index (χ2n) is 3.76. The summed E-state index contributed by atoms with van der Waals surface area (Å²) in [5.74, 6) is 0.860. The molecule has 0 saturated carbocycles. The van der Waals surface area contributed by atoms with Gasteiger partial charge in [-0.05, 0) is 23.6 Å². The van der Waals surface area contributed by atoms with Gasteiger partial charge in [-0.25, -0.2) is 0 Å². The molecule has 1 N–H and O–H groups in total. The van der Waals surface area contributed by atoms with E-state index in [1.807, 2.05) is 13.8 Å². The maximum atomic E-state index is 11.5. The van der Waals surface area contributed by atoms with Gasteiger partial charge in [0.25, 0.3) is 5.91 Å². The predicted molar refractivity (Wildman–Crippen MR) is 58.7 cm³/mol. The summed E-state index contributed by atoms with van der Waals surface area (Å²) < 4.78 is 5.20. The largest absolute Gasteiger partial charge is 0.456 e. The number of carbonyl (C=O) groups is 1. The van der Waals surface area contributed by atoms with Gasteiger partial charge in [0.1, 0.15) is 5.76 Å². The highest BCUT2D eigenvalue weighted by molar-refractivity contribution is 5.91. The molecule has 0 fully saturated rings. The Morgan fingerprint density at radius 1 is 1.62 bits per heavy atom. The van der Waals surface area contributed by atoms with Crippen LogP contribution in [0.25, 0.3) is 10.4 Å². The Morgan fingerprint density at radius 2 is 2.38 bits per heavy atom. The number of hydrogen-bond donors (Lipinski definition) is 1. The first-order valence-electron chi connectivity index (χ1n) is 5.01. The van der Waals surface area contributed by atoms with Crippen molar-refractivity contribution in [1.82, 2.24) is 5.32 Å². The molecule has 0 spiro atoms. The molecule has 1 aromatic rings. The van der Waals surface area contributed by atoms with E-state index in [9.17, 15) is 4.79 Å². The van der Waals surface area contributed by atoms with Crippen molar-refractivity contribution < 1.29 is 9.21 Å². The molecule has 0 atom stereocenters. The van der Waals surface area contributed by atoms with Gasteiger partial charge in [0, 0.05) is 11.5 Å². The maximum absolute atomic E-state index is 11.5. The Labute approximate surface area is 93.3 Å². The lowest BCUT2D eigenvalue weighted by Gasteiger charge is -2.05. The second-order valence-corrected chi connectivity index (χ2v) is 3.76. The van der Waals surface area contributed by atoms with Crippen LogP contribution in [0, 0.1) is 5.92 Å². The minimum atomic E-state index is -0.249. The summed E-state index contributed by atoms with van der Waals surface area (Å²) in [6.45, 7) is 4.74. The SMILES string of the molecule is CC(C)CNC(=O)c1ccc(CN=[N+]=[N-])o1. The van der Waals surface area contributed by atoms with E-state index in [-0.39, 0.29) is 18.2 Å². The molecule has 16 heavy (non-hydrogen) atoms. The number of rotatable bonds is 5. The Morgan fingerprint density at radius 3 is 3.00 bits per heavy atom. The minimum absolute atomic E-state index is 0.119. The monoisotopic (exact) mass is 222 g/mol. The summed E-state index contributed by atoms with van der Waals surface area (Å²) in [6, 6.07) is 3.19. The molecule has 0 radical (unpaired) electrons. The van der Waals surface area contributed by atoms with Crippen molar-refractivity contribution in [2.24, 2.45) is 11.0 Å². The standard InChI is InChI=1S/C10H14N4O2/c1-7(2)5-12-10(15)9-4-3-8(16-9)6-13-14-11/h3-4,7H,5-6H2,1-2H3,(H,12,15). The zero-order valence-corrected chi connectivity index (χ0v) is 9.30. The van der Waals surface area contributed by atoms with Crippen LogP contribution in [-0.4, -0.2) is 12.5 Å². The first-order chi connectivity index (χ1) is 7.63. The van der Waals surface area contributed by atoms with Gasteiger partial charge in [-0.2, -0.15) is 0 Å². The number of amides is 1. The van der Waals surface area contributed by atoms with Crippen LogP contribution in [0.4, 0.5) is 0 Å². The summed E-state index contributed by atoms with van der Waals surface area (Å²) >= 11 is 0. The normalized spacial score (nSPS) is 9.94. The van der Waals surface area contributed by atoms with Crippen LogP contribution >= 0.6 is 0 Å². The molecular weight excluding hydrogens is 208 g/mol. The summed E-state index contributed by atoms with van der Waals surface area (Å²) in [6.07, 6.45) is 0. The number of nitrogens with one attached hydrogen (secondary N) is 1. The van der Waals surface area contributed by atoms with Gasteiger partial charge in [0.05, 0.1) is 6.54 Å². The van der Waals surface area contributed by atoms with Crippen molar-refractivity contribution in [2.45, 2.75) is 20.4 Å². The average molecular weight is 222 g/mol. The van der Waals surface area contributed by atoms with Crippen molar-refractivity contribution in [3.05, 3.63) is 34.1 Å². The first-order valence-corrected chi connectivity index (χ1v) is 5.01. The molecule has 1 amide bonds. The van der Waals surface area contributed by atoms with Crippen molar-refractivity contribution >= 4 is 5.91 Å². The molecule has 0 aliphatic carbocycles. The third-order valence-electron chi connectivity index (χ3n) is 1.85. The Kier molecular flexibility index (Phi) is 4.42. The first kappa shape index (κ1) is 12.1. The van der Waals surface area contributed by atoms with Gasteiger partial charge < -0.3 is 9.73 Å². The van der Waals surface area contributed by atoms with Gasteiger partial charge >= 0.3 is 0 Å². The van der Waals surface area contributed by atoms with Crippen LogP contribution in [0.5, 0.6) is 0 Å². The number of furan rings is 1. The van der Waals surface area contributed by atoms with Crippen LogP contribution in [0.3, 0.4) is 0 Å². The fourth-order valence-electron chi connectivity index (χ4n) is 1.07. The van der Waals surface area contributed by atoms with Gasteiger partial charge in [-0.15, -0.1) is 0 Å². The third kappa shape index (κ3) is 3.67. The van der Waals surface area contributed by atoms with Crippen LogP contribution in [0.15, 0.2) is 21.7 Å². The topological polar surface area (TPSA) is 91.0 Å². The summed E-state index contributed by atoms with van der Waals surface area (Å²) in [7, 11) is 0. The fourth-order valence-corrected chi connectivity index (χ4v) is 1.07. The van der Waals surface area contributed by atoms with E-state index >= 15 is 0 Å². The molecule has 0 aliphatic heterocycles.